The van der Waals surface area contributed by atoms with E-state index < -0.39 is 5.97 Å². The zero-order valence-electron chi connectivity index (χ0n) is 5.77. The Morgan fingerprint density at radius 3 is 1.83 bits per heavy atom. The third-order valence-corrected chi connectivity index (χ3v) is 0. The van der Waals surface area contributed by atoms with Gasteiger partial charge in [-0.2, -0.15) is 0 Å². The zero-order chi connectivity index (χ0) is 3.58. The van der Waals surface area contributed by atoms with E-state index in [9.17, 15) is 0 Å². The van der Waals surface area contributed by atoms with Gasteiger partial charge in [0.25, 0.3) is 5.97 Å². The summed E-state index contributed by atoms with van der Waals surface area (Å²) < 4.78 is 0. The minimum Gasteiger partial charge on any atom is -1.00 e. The molecule has 4 heteroatoms. The Kier molecular flexibility index (Phi) is 24.5. The summed E-state index contributed by atoms with van der Waals surface area (Å²) in [5, 5.41) is 7.42. The molecule has 0 fully saturated rings. The molecule has 0 radical (unpaired) electrons. The van der Waals surface area contributed by atoms with Crippen LogP contribution in [0.3, 0.4) is 0 Å². The molecule has 0 spiro atoms. The Morgan fingerprint density at radius 1 is 1.83 bits per heavy atom. The fourth-order valence-electron chi connectivity index (χ4n) is 0. The Balaban J connectivity index is -0.00000000750. The van der Waals surface area contributed by atoms with E-state index >= 15 is 0 Å². The van der Waals surface area contributed by atoms with Gasteiger partial charge in [-0.1, -0.05) is 0 Å². The number of carbonyl (C=O) groups is 1. The first-order valence-corrected chi connectivity index (χ1v) is 0.928. The summed E-state index contributed by atoms with van der Waals surface area (Å²) in [5.41, 5.74) is 0. The second kappa shape index (κ2) is 9.29. The van der Waals surface area contributed by atoms with Gasteiger partial charge in [0, 0.05) is 26.4 Å². The number of aliphatic carboxylic acids is 1. The minimum absolute atomic E-state index is 0. The van der Waals surface area contributed by atoms with Crippen molar-refractivity contribution in [2.75, 3.05) is 0 Å². The van der Waals surface area contributed by atoms with E-state index in [4.69, 9.17) is 9.90 Å². The van der Waals surface area contributed by atoms with Crippen molar-refractivity contribution in [1.29, 1.82) is 0 Å². The van der Waals surface area contributed by atoms with Crippen LogP contribution in [0.2, 0.25) is 0 Å². The number of carboxylic acid groups (broad SMARTS) is 1. The summed E-state index contributed by atoms with van der Waals surface area (Å²) in [6.07, 6.45) is 0. The largest absolute Gasteiger partial charge is 2.00 e. The Bertz CT molecular complexity index is 41.0. The molecule has 0 aromatic rings. The number of rotatable bonds is 0. The molecule has 30 valence electrons. The molecule has 0 aromatic heterocycles. The van der Waals surface area contributed by atoms with Crippen LogP contribution in [-0.4, -0.2) is 34.1 Å². The summed E-state index contributed by atoms with van der Waals surface area (Å²) >= 11 is 0. The summed E-state index contributed by atoms with van der Waals surface area (Å²) in [6.45, 7) is 1.08. The molecule has 1 N–H and O–H groups in total. The summed E-state index contributed by atoms with van der Waals surface area (Å²) in [4.78, 5) is 9.00. The molecule has 0 aliphatic carbocycles. The van der Waals surface area contributed by atoms with Gasteiger partial charge in [-0.05, 0) is 0 Å². The third-order valence-electron chi connectivity index (χ3n) is 0. The van der Waals surface area contributed by atoms with Crippen molar-refractivity contribution in [2.24, 2.45) is 0 Å². The molecule has 0 saturated heterocycles. The van der Waals surface area contributed by atoms with Gasteiger partial charge in [0.05, 0.1) is 0 Å². The molecule has 0 rings (SSSR count). The number of carboxylic acids is 1. The number of hydrogen-bond acceptors (Lipinski definition) is 1. The molecule has 6 heavy (non-hydrogen) atoms. The SMILES string of the molecule is CC(=O)O.[H-].[H-].[Mg+2].[Zn]. The molecule has 0 saturated carbocycles. The van der Waals surface area contributed by atoms with Crippen LogP contribution in [0.15, 0.2) is 0 Å². The molecule has 0 aliphatic rings. The van der Waals surface area contributed by atoms with Crippen molar-refractivity contribution in [1.82, 2.24) is 0 Å². The fourth-order valence-corrected chi connectivity index (χ4v) is 0. The van der Waals surface area contributed by atoms with Crippen LogP contribution in [0.4, 0.5) is 0 Å². The summed E-state index contributed by atoms with van der Waals surface area (Å²) in [7, 11) is 0. The van der Waals surface area contributed by atoms with Crippen LogP contribution in [0, 0.1) is 0 Å². The second-order valence-electron chi connectivity index (χ2n) is 0.519. The average Bonchev–Trinajstić information content (AvgIpc) is 0.811. The van der Waals surface area contributed by atoms with Crippen molar-refractivity contribution in [3.05, 3.63) is 0 Å². The van der Waals surface area contributed by atoms with E-state index in [-0.39, 0.29) is 45.4 Å². The predicted molar refractivity (Wildman–Crippen MR) is 21.3 cm³/mol. The van der Waals surface area contributed by atoms with Crippen LogP contribution >= 0.6 is 0 Å². The van der Waals surface area contributed by atoms with Crippen LogP contribution in [0.1, 0.15) is 9.78 Å². The molecule has 0 unspecified atom stereocenters. The Morgan fingerprint density at radius 2 is 1.83 bits per heavy atom. The normalized spacial score (nSPS) is 4.17. The van der Waals surface area contributed by atoms with Gasteiger partial charge < -0.3 is 7.96 Å². The van der Waals surface area contributed by atoms with E-state index in [0.29, 0.717) is 0 Å². The second-order valence-corrected chi connectivity index (χ2v) is 0.519. The van der Waals surface area contributed by atoms with E-state index in [2.05, 4.69) is 0 Å². The van der Waals surface area contributed by atoms with Crippen LogP contribution in [0.5, 0.6) is 0 Å². The molecule has 0 amide bonds. The smallest absolute Gasteiger partial charge is 1.00 e. The topological polar surface area (TPSA) is 37.3 Å². The molecule has 0 atom stereocenters. The monoisotopic (exact) mass is 150 g/mol. The summed E-state index contributed by atoms with van der Waals surface area (Å²) in [6, 6.07) is 0. The maximum absolute atomic E-state index is 9.00. The molecule has 0 bridgehead atoms. The van der Waals surface area contributed by atoms with Gasteiger partial charge in [0.1, 0.15) is 0 Å². The standard InChI is InChI=1S/C2H4O2.Mg.Zn.2H/c1-2(3)4;;;;/h1H3,(H,3,4);;;;/q;+2;;2*-1. The van der Waals surface area contributed by atoms with Crippen molar-refractivity contribution in [2.45, 2.75) is 6.92 Å². The van der Waals surface area contributed by atoms with Crippen LogP contribution in [0.25, 0.3) is 0 Å². The quantitative estimate of drug-likeness (QED) is 0.493. The molecular formula is C2H6MgO2Zn. The Hall–Kier alpha value is 0.860. The van der Waals surface area contributed by atoms with Gasteiger partial charge in [0.15, 0.2) is 0 Å². The molecule has 0 aliphatic heterocycles. The average molecular weight is 152 g/mol. The van der Waals surface area contributed by atoms with Crippen molar-refractivity contribution in [3.63, 3.8) is 0 Å². The molecule has 0 aromatic carbocycles. The first-order chi connectivity index (χ1) is 1.73. The van der Waals surface area contributed by atoms with E-state index in [1.54, 1.807) is 0 Å². The molecule has 0 heterocycles. The fraction of sp³-hybridized carbons (Fsp3) is 0.500. The zero-order valence-corrected chi connectivity index (χ0v) is 8.15. The van der Waals surface area contributed by atoms with Gasteiger partial charge in [-0.3, -0.25) is 4.79 Å². The van der Waals surface area contributed by atoms with Crippen LogP contribution in [-0.2, 0) is 24.3 Å². The predicted octanol–water partition coefficient (Wildman–Crippen LogP) is -0.0674. The first kappa shape index (κ1) is 15.8. The maximum atomic E-state index is 9.00. The van der Waals surface area contributed by atoms with Gasteiger partial charge >= 0.3 is 23.1 Å². The maximum Gasteiger partial charge on any atom is 2.00 e. The number of hydrogen-bond donors (Lipinski definition) is 1. The van der Waals surface area contributed by atoms with E-state index in [1.807, 2.05) is 0 Å². The van der Waals surface area contributed by atoms with Gasteiger partial charge in [-0.15, -0.1) is 0 Å². The van der Waals surface area contributed by atoms with Crippen molar-refractivity contribution >= 4 is 29.0 Å². The van der Waals surface area contributed by atoms with Gasteiger partial charge in [0.2, 0.25) is 0 Å². The Labute approximate surface area is 68.2 Å². The minimum atomic E-state index is -0.833. The van der Waals surface area contributed by atoms with Gasteiger partial charge in [-0.25, -0.2) is 0 Å². The van der Waals surface area contributed by atoms with E-state index in [1.165, 1.54) is 0 Å². The van der Waals surface area contributed by atoms with E-state index in [0.717, 1.165) is 6.92 Å². The third kappa shape index (κ3) is 98.0. The summed E-state index contributed by atoms with van der Waals surface area (Å²) in [5.74, 6) is -0.833. The molecule has 2 nitrogen and oxygen atoms in total. The van der Waals surface area contributed by atoms with Crippen molar-refractivity contribution in [3.8, 4) is 0 Å². The van der Waals surface area contributed by atoms with Crippen molar-refractivity contribution < 1.29 is 32.2 Å². The van der Waals surface area contributed by atoms with Crippen LogP contribution < -0.4 is 0 Å². The first-order valence-electron chi connectivity index (χ1n) is 0.928. The molecular weight excluding hydrogens is 146 g/mol.